The Hall–Kier alpha value is -5.98. The summed E-state index contributed by atoms with van der Waals surface area (Å²) in [5.74, 6) is 2.46. The van der Waals surface area contributed by atoms with Crippen molar-refractivity contribution in [1.29, 1.82) is 0 Å². The molecule has 0 bridgehead atoms. The number of nitrogens with one attached hydrogen (secondary N) is 4. The zero-order chi connectivity index (χ0) is 41.2. The minimum atomic E-state index is -3.19. The number of carbonyl (C=O) groups excluding carboxylic acids is 4. The third-order valence-electron chi connectivity index (χ3n) is 8.80. The number of methoxy groups -OCH3 is 2. The third-order valence-corrected chi connectivity index (χ3v) is 8.80. The lowest BCUT2D eigenvalue weighted by Crippen LogP contribution is -2.53. The number of alkyl carbamates (subject to hydrolysis) is 2. The van der Waals surface area contributed by atoms with E-state index in [0.29, 0.717) is 29.6 Å². The Balaban J connectivity index is 1.47. The molecule has 16 heteroatoms. The summed E-state index contributed by atoms with van der Waals surface area (Å²) < 4.78 is 37.7. The topological polar surface area (TPSA) is 175 Å². The summed E-state index contributed by atoms with van der Waals surface area (Å²) >= 11 is 0. The first-order chi connectivity index (χ1) is 26.5. The maximum absolute atomic E-state index is 14.2. The van der Waals surface area contributed by atoms with Gasteiger partial charge >= 0.3 is 12.2 Å². The van der Waals surface area contributed by atoms with Gasteiger partial charge in [-0.25, -0.2) is 28.3 Å². The molecule has 2 heterocycles. The zero-order valence-electron chi connectivity index (χ0n) is 33.0. The highest BCUT2D eigenvalue weighted by molar-refractivity contribution is 5.88. The second-order valence-electron chi connectivity index (χ2n) is 14.3. The normalized spacial score (nSPS) is 12.4. The number of H-pyrrole nitrogens is 2. The Morgan fingerprint density at radius 2 is 1.36 bits per heavy atom. The van der Waals surface area contributed by atoms with E-state index in [1.807, 2.05) is 57.2 Å². The molecule has 0 spiro atoms. The van der Waals surface area contributed by atoms with Crippen LogP contribution in [0.5, 0.6) is 0 Å². The highest BCUT2D eigenvalue weighted by Crippen LogP contribution is 2.25. The van der Waals surface area contributed by atoms with Crippen molar-refractivity contribution in [3.05, 3.63) is 71.7 Å². The van der Waals surface area contributed by atoms with E-state index in [0.717, 1.165) is 47.3 Å². The first kappa shape index (κ1) is 42.8. The maximum Gasteiger partial charge on any atom is 0.407 e. The molecule has 0 aliphatic carbocycles. The highest BCUT2D eigenvalue weighted by Gasteiger charge is 2.35. The van der Waals surface area contributed by atoms with Crippen LogP contribution in [0.25, 0.3) is 22.0 Å². The van der Waals surface area contributed by atoms with E-state index >= 15 is 0 Å². The highest BCUT2D eigenvalue weighted by atomic mass is 19.3. The van der Waals surface area contributed by atoms with Gasteiger partial charge in [-0.1, -0.05) is 58.7 Å². The number of alkyl halides is 2. The molecule has 0 saturated carbocycles. The molecular weight excluding hydrogens is 726 g/mol. The van der Waals surface area contributed by atoms with Crippen LogP contribution >= 0.6 is 0 Å². The van der Waals surface area contributed by atoms with Crippen LogP contribution in [0.15, 0.2) is 48.8 Å². The number of hydrogen-bond donors (Lipinski definition) is 4. The van der Waals surface area contributed by atoms with Gasteiger partial charge in [-0.15, -0.1) is 0 Å². The van der Waals surface area contributed by atoms with Crippen LogP contribution in [0.2, 0.25) is 0 Å². The van der Waals surface area contributed by atoms with Crippen molar-refractivity contribution in [1.82, 2.24) is 40.4 Å². The second kappa shape index (κ2) is 19.1. The second-order valence-corrected chi connectivity index (χ2v) is 14.3. The number of ether oxygens (including phenoxy) is 2. The summed E-state index contributed by atoms with van der Waals surface area (Å²) in [5.41, 5.74) is 2.76. The number of carbonyl (C=O) groups is 4. The lowest BCUT2D eigenvalue weighted by atomic mass is 10.0. The fourth-order valence-corrected chi connectivity index (χ4v) is 5.96. The monoisotopic (exact) mass is 776 g/mol. The van der Waals surface area contributed by atoms with E-state index in [1.165, 1.54) is 7.11 Å². The summed E-state index contributed by atoms with van der Waals surface area (Å²) in [7, 11) is 2.41. The Labute approximate surface area is 325 Å². The van der Waals surface area contributed by atoms with Gasteiger partial charge in [0.1, 0.15) is 29.4 Å². The van der Waals surface area contributed by atoms with Gasteiger partial charge in [-0.05, 0) is 53.1 Å². The summed E-state index contributed by atoms with van der Waals surface area (Å²) in [6.45, 7) is 9.39. The van der Waals surface area contributed by atoms with Crippen molar-refractivity contribution in [2.75, 3.05) is 27.3 Å². The predicted octanol–water partition coefficient (Wildman–Crippen LogP) is 5.84. The smallest absolute Gasteiger partial charge is 0.407 e. The minimum absolute atomic E-state index is 0.153. The van der Waals surface area contributed by atoms with E-state index in [4.69, 9.17) is 4.74 Å². The van der Waals surface area contributed by atoms with Crippen molar-refractivity contribution in [2.45, 2.75) is 79.1 Å². The molecule has 0 radical (unpaired) electrons. The molecule has 0 aliphatic heterocycles. The molecule has 0 aliphatic rings. The van der Waals surface area contributed by atoms with Crippen molar-refractivity contribution >= 4 is 34.8 Å². The van der Waals surface area contributed by atoms with Gasteiger partial charge in [0.25, 0.3) is 5.92 Å². The number of aromatic nitrogens is 4. The van der Waals surface area contributed by atoms with Gasteiger partial charge in [0.15, 0.2) is 0 Å². The largest absolute Gasteiger partial charge is 0.453 e. The Kier molecular flexibility index (Phi) is 14.5. The Morgan fingerprint density at radius 3 is 1.95 bits per heavy atom. The zero-order valence-corrected chi connectivity index (χ0v) is 33.0. The van der Waals surface area contributed by atoms with Crippen LogP contribution in [0.1, 0.15) is 70.9 Å². The van der Waals surface area contributed by atoms with Gasteiger partial charge in [-0.3, -0.25) is 9.59 Å². The number of fused-ring (bicyclic) bond motifs is 1. The molecule has 14 nitrogen and oxygen atoms in total. The average Bonchev–Trinajstić information content (AvgIpc) is 3.82. The third kappa shape index (κ3) is 11.8. The lowest BCUT2D eigenvalue weighted by molar-refractivity contribution is -0.140. The summed E-state index contributed by atoms with van der Waals surface area (Å²) in [4.78, 5) is 68.3. The van der Waals surface area contributed by atoms with Crippen LogP contribution in [-0.4, -0.2) is 99.1 Å². The number of halogens is 2. The van der Waals surface area contributed by atoms with E-state index in [9.17, 15) is 28.0 Å². The number of rotatable bonds is 15. The maximum atomic E-state index is 14.2. The van der Waals surface area contributed by atoms with Crippen LogP contribution in [0, 0.1) is 23.7 Å². The molecule has 2 aromatic heterocycles. The van der Waals surface area contributed by atoms with Gasteiger partial charge in [0, 0.05) is 24.6 Å². The van der Waals surface area contributed by atoms with Gasteiger partial charge in [-0.2, -0.15) is 0 Å². The summed E-state index contributed by atoms with van der Waals surface area (Å²) in [5, 5.41) is 6.93. The van der Waals surface area contributed by atoms with E-state index in [2.05, 4.69) is 47.1 Å². The molecule has 4 N–H and O–H groups in total. The molecule has 0 fully saturated rings. The van der Waals surface area contributed by atoms with Crippen LogP contribution < -0.4 is 10.6 Å². The molecule has 0 saturated heterocycles. The quantitative estimate of drug-likeness (QED) is 0.109. The van der Waals surface area contributed by atoms with Crippen molar-refractivity contribution < 1.29 is 37.4 Å². The Morgan fingerprint density at radius 1 is 0.804 bits per heavy atom. The summed E-state index contributed by atoms with van der Waals surface area (Å²) in [6.07, 6.45) is 2.40. The number of aromatic amines is 2. The lowest BCUT2D eigenvalue weighted by Gasteiger charge is -2.30. The number of benzene rings is 2. The first-order valence-corrected chi connectivity index (χ1v) is 18.3. The molecule has 4 aromatic rings. The number of hydrogen-bond acceptors (Lipinski definition) is 8. The molecular formula is C40H50F2N8O6. The van der Waals surface area contributed by atoms with Crippen molar-refractivity contribution in [2.24, 2.45) is 11.8 Å². The number of nitrogens with zero attached hydrogens (tertiary/aromatic N) is 4. The van der Waals surface area contributed by atoms with E-state index < -0.39 is 48.6 Å². The molecule has 56 heavy (non-hydrogen) atoms. The number of amides is 4. The average molecular weight is 777 g/mol. The number of imidazole rings is 2. The van der Waals surface area contributed by atoms with Crippen LogP contribution in [0.4, 0.5) is 18.4 Å². The van der Waals surface area contributed by atoms with Crippen molar-refractivity contribution in [3.63, 3.8) is 0 Å². The van der Waals surface area contributed by atoms with Gasteiger partial charge in [0.2, 0.25) is 11.8 Å². The minimum Gasteiger partial charge on any atom is -0.453 e. The Bertz CT molecular complexity index is 2060. The molecule has 4 rings (SSSR count). The first-order valence-electron chi connectivity index (χ1n) is 18.3. The fraction of sp³-hybridized carbons (Fsp3) is 0.450. The van der Waals surface area contributed by atoms with Crippen LogP contribution in [-0.2, 0) is 32.2 Å². The summed E-state index contributed by atoms with van der Waals surface area (Å²) in [6, 6.07) is 9.73. The molecule has 300 valence electrons. The SMILES string of the molecule is CCCN(Cc1ncc(C#Cc2ccc3cc(-c4cnc(CN(CC(C)(F)F)C(=O)C(NC(=O)OC)C(C)C)[nH]4)ccc3c2)[nH]1)C(=O)C(NC(=O)OC)C(C)C. The van der Waals surface area contributed by atoms with Gasteiger partial charge < -0.3 is 39.9 Å². The van der Waals surface area contributed by atoms with E-state index in [-0.39, 0.29) is 24.9 Å². The van der Waals surface area contributed by atoms with Crippen LogP contribution in [0.3, 0.4) is 0 Å². The predicted molar refractivity (Wildman–Crippen MR) is 206 cm³/mol. The molecule has 2 unspecified atom stereocenters. The van der Waals surface area contributed by atoms with E-state index in [1.54, 1.807) is 31.1 Å². The fourth-order valence-electron chi connectivity index (χ4n) is 5.96. The molecule has 2 aromatic carbocycles. The van der Waals surface area contributed by atoms with Crippen molar-refractivity contribution in [3.8, 4) is 23.1 Å². The standard InChI is InChI=1S/C40H50F2N8O6/c1-9-16-49(36(51)34(24(2)3)47-38(53)55-7)21-32-43-19-30(45-32)15-11-26-10-12-28-18-29(14-13-27(28)17-26)31-20-44-33(46-31)22-50(23-40(6,41)42)37(52)35(25(4)5)48-39(54)56-8/h10,12-14,17-20,24-25,34-35H,9,16,21-23H2,1-8H3,(H,43,45)(H,44,46)(H,47,53)(H,48,54). The molecule has 4 amide bonds. The van der Waals surface area contributed by atoms with Gasteiger partial charge in [0.05, 0.1) is 51.9 Å². The molecule has 2 atom stereocenters.